The van der Waals surface area contributed by atoms with Gasteiger partial charge < -0.3 is 5.73 Å². The van der Waals surface area contributed by atoms with Crippen LogP contribution in [-0.4, -0.2) is 4.98 Å². The number of pyridine rings is 1. The van der Waals surface area contributed by atoms with E-state index in [9.17, 15) is 4.39 Å². The molecule has 1 heterocycles. The van der Waals surface area contributed by atoms with Gasteiger partial charge in [0.15, 0.2) is 11.0 Å². The maximum absolute atomic E-state index is 12.7. The van der Waals surface area contributed by atoms with Gasteiger partial charge in [-0.25, -0.2) is 9.37 Å². The van der Waals surface area contributed by atoms with Crippen LogP contribution >= 0.6 is 27.5 Å². The topological polar surface area (TPSA) is 38.9 Å². The number of halogens is 3. The molecule has 0 aromatic carbocycles. The number of rotatable bonds is 1. The van der Waals surface area contributed by atoms with Crippen LogP contribution in [0.3, 0.4) is 0 Å². The van der Waals surface area contributed by atoms with Crippen LogP contribution in [0, 0.1) is 5.82 Å². The van der Waals surface area contributed by atoms with Crippen LogP contribution in [0.2, 0.25) is 5.15 Å². The second-order valence-corrected chi connectivity index (χ2v) is 2.86. The van der Waals surface area contributed by atoms with Crippen molar-refractivity contribution in [2.45, 2.75) is 5.33 Å². The van der Waals surface area contributed by atoms with Crippen molar-refractivity contribution in [2.24, 2.45) is 0 Å². The maximum atomic E-state index is 12.7. The number of nitrogen functional groups attached to an aromatic ring is 1. The fraction of sp³-hybridized carbons (Fsp3) is 0.167. The number of nitrogens with zero attached hydrogens (tertiary/aromatic N) is 1. The molecule has 1 aromatic rings. The first-order chi connectivity index (χ1) is 5.15. The predicted octanol–water partition coefficient (Wildman–Crippen LogP) is 2.35. The zero-order valence-electron chi connectivity index (χ0n) is 5.44. The first-order valence-corrected chi connectivity index (χ1v) is 4.31. The Balaban J connectivity index is 3.21. The lowest BCUT2D eigenvalue weighted by Crippen LogP contribution is -1.96. The van der Waals surface area contributed by atoms with Crippen molar-refractivity contribution in [1.29, 1.82) is 0 Å². The minimum atomic E-state index is -0.656. The number of anilines is 1. The standard InChI is InChI=1S/C6H5BrClFN2/c7-2-3-1-4(10)5(9)6(8)11-3/h1H,2H2,(H2,10,11). The largest absolute Gasteiger partial charge is 0.396 e. The van der Waals surface area contributed by atoms with Crippen molar-refractivity contribution < 1.29 is 4.39 Å². The molecule has 0 aliphatic carbocycles. The Morgan fingerprint density at radius 1 is 1.73 bits per heavy atom. The van der Waals surface area contributed by atoms with Crippen molar-refractivity contribution in [3.05, 3.63) is 22.7 Å². The molecule has 1 aromatic heterocycles. The Labute approximate surface area is 76.7 Å². The molecule has 0 atom stereocenters. The van der Waals surface area contributed by atoms with E-state index in [4.69, 9.17) is 17.3 Å². The molecule has 0 radical (unpaired) electrons. The Hall–Kier alpha value is -0.350. The highest BCUT2D eigenvalue weighted by Crippen LogP contribution is 2.19. The summed E-state index contributed by atoms with van der Waals surface area (Å²) in [7, 11) is 0. The smallest absolute Gasteiger partial charge is 0.183 e. The van der Waals surface area contributed by atoms with Crippen molar-refractivity contribution >= 4 is 33.2 Å². The summed E-state index contributed by atoms with van der Waals surface area (Å²) in [5.74, 6) is -0.656. The van der Waals surface area contributed by atoms with E-state index in [1.54, 1.807) is 0 Å². The van der Waals surface area contributed by atoms with Gasteiger partial charge in [0, 0.05) is 5.33 Å². The molecule has 2 N–H and O–H groups in total. The Kier molecular flexibility index (Phi) is 2.67. The zero-order chi connectivity index (χ0) is 8.43. The Bertz CT molecular complexity index is 256. The molecule has 0 amide bonds. The molecule has 0 unspecified atom stereocenters. The van der Waals surface area contributed by atoms with Crippen molar-refractivity contribution in [3.8, 4) is 0 Å². The molecule has 0 spiro atoms. The van der Waals surface area contributed by atoms with E-state index in [1.807, 2.05) is 0 Å². The van der Waals surface area contributed by atoms with Gasteiger partial charge in [0.2, 0.25) is 0 Å². The summed E-state index contributed by atoms with van der Waals surface area (Å²) in [6.45, 7) is 0. The van der Waals surface area contributed by atoms with Gasteiger partial charge in [-0.2, -0.15) is 0 Å². The van der Waals surface area contributed by atoms with E-state index in [1.165, 1.54) is 6.07 Å². The van der Waals surface area contributed by atoms with Crippen molar-refractivity contribution in [2.75, 3.05) is 5.73 Å². The lowest BCUT2D eigenvalue weighted by Gasteiger charge is -2.00. The van der Waals surface area contributed by atoms with E-state index in [0.717, 1.165) is 0 Å². The van der Waals surface area contributed by atoms with Gasteiger partial charge in [0.1, 0.15) is 0 Å². The predicted molar refractivity (Wildman–Crippen MR) is 46.2 cm³/mol. The van der Waals surface area contributed by atoms with E-state index in [0.29, 0.717) is 11.0 Å². The van der Waals surface area contributed by atoms with E-state index >= 15 is 0 Å². The summed E-state index contributed by atoms with van der Waals surface area (Å²) in [5, 5.41) is 0.330. The van der Waals surface area contributed by atoms with E-state index < -0.39 is 5.82 Å². The molecule has 0 saturated carbocycles. The Morgan fingerprint density at radius 2 is 2.36 bits per heavy atom. The van der Waals surface area contributed by atoms with E-state index in [-0.39, 0.29) is 10.8 Å². The minimum Gasteiger partial charge on any atom is -0.396 e. The molecule has 0 bridgehead atoms. The highest BCUT2D eigenvalue weighted by molar-refractivity contribution is 9.08. The number of aromatic nitrogens is 1. The van der Waals surface area contributed by atoms with Crippen LogP contribution in [0.1, 0.15) is 5.69 Å². The molecule has 0 saturated heterocycles. The van der Waals surface area contributed by atoms with Gasteiger partial charge >= 0.3 is 0 Å². The van der Waals surface area contributed by atoms with Gasteiger partial charge in [-0.1, -0.05) is 27.5 Å². The number of alkyl halides is 1. The molecular weight excluding hydrogens is 234 g/mol. The molecule has 1 rings (SSSR count). The van der Waals surface area contributed by atoms with Crippen LogP contribution in [-0.2, 0) is 5.33 Å². The molecule has 0 fully saturated rings. The van der Waals surface area contributed by atoms with Gasteiger partial charge in [-0.15, -0.1) is 0 Å². The summed E-state index contributed by atoms with van der Waals surface area (Å²) >= 11 is 8.56. The fourth-order valence-electron chi connectivity index (χ4n) is 0.638. The lowest BCUT2D eigenvalue weighted by atomic mass is 10.3. The first-order valence-electron chi connectivity index (χ1n) is 2.81. The van der Waals surface area contributed by atoms with Crippen LogP contribution in [0.4, 0.5) is 10.1 Å². The SMILES string of the molecule is Nc1cc(CBr)nc(Cl)c1F. The Morgan fingerprint density at radius 3 is 2.82 bits per heavy atom. The van der Waals surface area contributed by atoms with Crippen LogP contribution < -0.4 is 5.73 Å². The average molecular weight is 239 g/mol. The van der Waals surface area contributed by atoms with Crippen LogP contribution in [0.25, 0.3) is 0 Å². The molecule has 0 aliphatic rings. The quantitative estimate of drug-likeness (QED) is 0.603. The molecule has 60 valence electrons. The van der Waals surface area contributed by atoms with Crippen molar-refractivity contribution in [3.63, 3.8) is 0 Å². The summed E-state index contributed by atoms with van der Waals surface area (Å²) in [6, 6.07) is 1.44. The number of nitrogens with two attached hydrogens (primary N) is 1. The van der Waals surface area contributed by atoms with Gasteiger partial charge in [0.25, 0.3) is 0 Å². The highest BCUT2D eigenvalue weighted by atomic mass is 79.9. The maximum Gasteiger partial charge on any atom is 0.183 e. The average Bonchev–Trinajstić information content (AvgIpc) is 1.99. The third kappa shape index (κ3) is 1.81. The molecule has 2 nitrogen and oxygen atoms in total. The first kappa shape index (κ1) is 8.74. The summed E-state index contributed by atoms with van der Waals surface area (Å²) < 4.78 is 12.7. The van der Waals surface area contributed by atoms with Gasteiger partial charge in [-0.05, 0) is 6.07 Å². The lowest BCUT2D eigenvalue weighted by molar-refractivity contribution is 0.625. The summed E-state index contributed by atoms with van der Waals surface area (Å²) in [5.41, 5.74) is 5.92. The summed E-state index contributed by atoms with van der Waals surface area (Å²) in [6.07, 6.45) is 0. The molecule has 11 heavy (non-hydrogen) atoms. The van der Waals surface area contributed by atoms with Crippen LogP contribution in [0.5, 0.6) is 0 Å². The second-order valence-electron chi connectivity index (χ2n) is 1.94. The highest BCUT2D eigenvalue weighted by Gasteiger charge is 2.06. The summed E-state index contributed by atoms with van der Waals surface area (Å²) in [4.78, 5) is 3.72. The van der Waals surface area contributed by atoms with Gasteiger partial charge in [-0.3, -0.25) is 0 Å². The zero-order valence-corrected chi connectivity index (χ0v) is 7.78. The van der Waals surface area contributed by atoms with E-state index in [2.05, 4.69) is 20.9 Å². The number of hydrogen-bond donors (Lipinski definition) is 1. The third-order valence-electron chi connectivity index (χ3n) is 1.14. The molecule has 0 aliphatic heterocycles. The molecule has 5 heteroatoms. The van der Waals surface area contributed by atoms with Crippen LogP contribution in [0.15, 0.2) is 6.07 Å². The minimum absolute atomic E-state index is 0.0273. The monoisotopic (exact) mass is 238 g/mol. The third-order valence-corrected chi connectivity index (χ3v) is 1.96. The van der Waals surface area contributed by atoms with Gasteiger partial charge in [0.05, 0.1) is 11.4 Å². The number of hydrogen-bond acceptors (Lipinski definition) is 2. The van der Waals surface area contributed by atoms with Crippen molar-refractivity contribution in [1.82, 2.24) is 4.98 Å². The second kappa shape index (κ2) is 3.36. The fourth-order valence-corrected chi connectivity index (χ4v) is 1.14. The molecular formula is C6H5BrClFN2. The normalized spacial score (nSPS) is 10.1.